The fourth-order valence-corrected chi connectivity index (χ4v) is 4.21. The topological polar surface area (TPSA) is 75.1 Å². The predicted molar refractivity (Wildman–Crippen MR) is 132 cm³/mol. The summed E-state index contributed by atoms with van der Waals surface area (Å²) in [5.41, 5.74) is 10.5. The molecule has 3 aromatic carbocycles. The summed E-state index contributed by atoms with van der Waals surface area (Å²) in [6, 6.07) is 25.7. The molecule has 2 heterocycles. The maximum Gasteiger partial charge on any atom is 0.279 e. The summed E-state index contributed by atoms with van der Waals surface area (Å²) in [4.78, 5) is 18.5. The summed E-state index contributed by atoms with van der Waals surface area (Å²) in [6.45, 7) is 1.98. The summed E-state index contributed by atoms with van der Waals surface area (Å²) in [5, 5.41) is 1.01. The Labute approximate surface area is 191 Å². The molecule has 2 N–H and O–H groups in total. The fraction of sp³-hybridized carbons (Fsp3) is 0.185. The number of hydrogen-bond donors (Lipinski definition) is 1. The van der Waals surface area contributed by atoms with Gasteiger partial charge in [0, 0.05) is 29.2 Å². The number of nitrogens with zero attached hydrogens (tertiary/aromatic N) is 3. The van der Waals surface area contributed by atoms with Gasteiger partial charge >= 0.3 is 0 Å². The summed E-state index contributed by atoms with van der Waals surface area (Å²) < 4.78 is 9.78. The highest BCUT2D eigenvalue weighted by molar-refractivity contribution is 5.95. The quantitative estimate of drug-likeness (QED) is 0.386. The van der Waals surface area contributed by atoms with Crippen LogP contribution in [0.15, 0.2) is 89.9 Å². The largest absolute Gasteiger partial charge is 0.356 e. The Hall–Kier alpha value is -3.74. The monoisotopic (exact) mass is 438 g/mol. The number of benzene rings is 3. The number of fused-ring (bicyclic) bond motifs is 2. The van der Waals surface area contributed by atoms with Crippen molar-refractivity contribution >= 4 is 21.9 Å². The average Bonchev–Trinajstić information content (AvgIpc) is 3.23. The van der Waals surface area contributed by atoms with Crippen molar-refractivity contribution in [1.82, 2.24) is 14.1 Å². The van der Waals surface area contributed by atoms with E-state index in [4.69, 9.17) is 15.5 Å². The molecule has 0 unspecified atom stereocenters. The van der Waals surface area contributed by atoms with Gasteiger partial charge in [0.15, 0.2) is 0 Å². The van der Waals surface area contributed by atoms with E-state index in [1.54, 1.807) is 4.57 Å². The third-order valence-corrected chi connectivity index (χ3v) is 5.83. The zero-order valence-corrected chi connectivity index (χ0v) is 18.4. The van der Waals surface area contributed by atoms with Gasteiger partial charge < -0.3 is 15.0 Å². The van der Waals surface area contributed by atoms with Gasteiger partial charge in [0.2, 0.25) is 0 Å². The summed E-state index contributed by atoms with van der Waals surface area (Å²) >= 11 is 0. The normalized spacial score (nSPS) is 11.4. The molecule has 0 spiro atoms. The van der Waals surface area contributed by atoms with Crippen molar-refractivity contribution in [1.29, 1.82) is 0 Å². The molecule has 2 aromatic heterocycles. The van der Waals surface area contributed by atoms with Crippen LogP contribution in [0.2, 0.25) is 0 Å². The molecule has 5 aromatic rings. The van der Waals surface area contributed by atoms with Crippen LogP contribution in [-0.4, -0.2) is 20.7 Å². The van der Waals surface area contributed by atoms with Crippen molar-refractivity contribution in [3.63, 3.8) is 0 Å². The van der Waals surface area contributed by atoms with Crippen LogP contribution in [0.5, 0.6) is 0 Å². The first kappa shape index (κ1) is 21.1. The molecule has 0 radical (unpaired) electrons. The third kappa shape index (κ3) is 4.18. The van der Waals surface area contributed by atoms with E-state index in [1.165, 1.54) is 0 Å². The molecule has 6 nitrogen and oxygen atoms in total. The second kappa shape index (κ2) is 9.40. The lowest BCUT2D eigenvalue weighted by atomic mass is 10.1. The maximum atomic E-state index is 13.7. The zero-order valence-electron chi connectivity index (χ0n) is 18.4. The first-order chi connectivity index (χ1) is 16.3. The number of nitrogens with two attached hydrogens (primary N) is 1. The smallest absolute Gasteiger partial charge is 0.279 e. The summed E-state index contributed by atoms with van der Waals surface area (Å²) in [6.07, 6.45) is 2.88. The number of rotatable bonds is 8. The number of aromatic nitrogens is 3. The molecule has 166 valence electrons. The van der Waals surface area contributed by atoms with Gasteiger partial charge in [0.1, 0.15) is 12.4 Å². The van der Waals surface area contributed by atoms with Gasteiger partial charge in [0.05, 0.1) is 17.6 Å². The first-order valence-corrected chi connectivity index (χ1v) is 11.2. The van der Waals surface area contributed by atoms with E-state index >= 15 is 0 Å². The molecule has 0 saturated heterocycles. The van der Waals surface area contributed by atoms with Gasteiger partial charge in [-0.15, -0.1) is 0 Å². The summed E-state index contributed by atoms with van der Waals surface area (Å²) in [5.74, 6) is 0. The molecule has 0 aliphatic carbocycles. The molecule has 0 amide bonds. The van der Waals surface area contributed by atoms with E-state index in [0.717, 1.165) is 46.0 Å². The van der Waals surface area contributed by atoms with Crippen LogP contribution >= 0.6 is 0 Å². The van der Waals surface area contributed by atoms with Crippen LogP contribution in [0.4, 0.5) is 0 Å². The molecule has 5 rings (SSSR count). The minimum Gasteiger partial charge on any atom is -0.356 e. The summed E-state index contributed by atoms with van der Waals surface area (Å²) in [7, 11) is 0. The van der Waals surface area contributed by atoms with E-state index in [9.17, 15) is 4.79 Å². The van der Waals surface area contributed by atoms with Crippen LogP contribution in [0.1, 0.15) is 12.0 Å². The molecule has 6 heteroatoms. The van der Waals surface area contributed by atoms with Crippen molar-refractivity contribution in [2.24, 2.45) is 5.73 Å². The molecule has 33 heavy (non-hydrogen) atoms. The van der Waals surface area contributed by atoms with Crippen LogP contribution < -0.4 is 11.3 Å². The molecule has 0 aliphatic heterocycles. The van der Waals surface area contributed by atoms with E-state index < -0.39 is 0 Å². The van der Waals surface area contributed by atoms with E-state index in [1.807, 2.05) is 79.0 Å². The Morgan fingerprint density at radius 2 is 1.61 bits per heavy atom. The van der Waals surface area contributed by atoms with E-state index in [2.05, 4.69) is 10.6 Å². The molecular weight excluding hydrogens is 412 g/mol. The Morgan fingerprint density at radius 1 is 0.879 bits per heavy atom. The predicted octanol–water partition coefficient (Wildman–Crippen LogP) is 4.54. The first-order valence-electron chi connectivity index (χ1n) is 11.2. The standard InChI is InChI=1S/C27H26N4O2/c28-15-8-16-30-17-22(21-11-4-6-13-24(21)30)26-27(32)31(25-14-7-5-12-23(25)29-26)19-33-18-20-9-2-1-3-10-20/h1-7,9-14,17H,8,15-16,18-19,28H2. The number of ether oxygens (including phenoxy) is 1. The number of para-hydroxylation sites is 3. The molecule has 0 fully saturated rings. The Bertz CT molecular complexity index is 1450. The van der Waals surface area contributed by atoms with Crippen LogP contribution in [0.3, 0.4) is 0 Å². The second-order valence-electron chi connectivity index (χ2n) is 8.04. The molecule has 0 aliphatic rings. The fourth-order valence-electron chi connectivity index (χ4n) is 4.21. The Morgan fingerprint density at radius 3 is 2.42 bits per heavy atom. The lowest BCUT2D eigenvalue weighted by Crippen LogP contribution is -2.24. The highest BCUT2D eigenvalue weighted by atomic mass is 16.5. The van der Waals surface area contributed by atoms with Gasteiger partial charge in [-0.05, 0) is 36.7 Å². The molecule has 0 bridgehead atoms. The Balaban J connectivity index is 1.60. The van der Waals surface area contributed by atoms with Crippen molar-refractivity contribution in [2.75, 3.05) is 6.54 Å². The van der Waals surface area contributed by atoms with Crippen LogP contribution in [0.25, 0.3) is 33.2 Å². The van der Waals surface area contributed by atoms with Crippen molar-refractivity contribution in [3.8, 4) is 11.3 Å². The van der Waals surface area contributed by atoms with Gasteiger partial charge in [-0.3, -0.25) is 9.36 Å². The van der Waals surface area contributed by atoms with Gasteiger partial charge in [-0.25, -0.2) is 4.98 Å². The lowest BCUT2D eigenvalue weighted by molar-refractivity contribution is 0.0646. The third-order valence-electron chi connectivity index (χ3n) is 5.83. The van der Waals surface area contributed by atoms with E-state index in [0.29, 0.717) is 18.8 Å². The van der Waals surface area contributed by atoms with Gasteiger partial charge in [0.25, 0.3) is 5.56 Å². The number of hydrogen-bond acceptors (Lipinski definition) is 4. The highest BCUT2D eigenvalue weighted by Crippen LogP contribution is 2.29. The van der Waals surface area contributed by atoms with Crippen molar-refractivity contribution in [3.05, 3.63) is 101 Å². The molecule has 0 atom stereocenters. The van der Waals surface area contributed by atoms with Crippen molar-refractivity contribution in [2.45, 2.75) is 26.3 Å². The lowest BCUT2D eigenvalue weighted by Gasteiger charge is -2.13. The van der Waals surface area contributed by atoms with Gasteiger partial charge in [-0.2, -0.15) is 0 Å². The maximum absolute atomic E-state index is 13.7. The van der Waals surface area contributed by atoms with Gasteiger partial charge in [-0.1, -0.05) is 60.7 Å². The minimum atomic E-state index is -0.163. The highest BCUT2D eigenvalue weighted by Gasteiger charge is 2.18. The SMILES string of the molecule is NCCCn1cc(-c2nc3ccccc3n(COCc3ccccc3)c2=O)c2ccccc21. The van der Waals surface area contributed by atoms with Crippen LogP contribution in [0, 0.1) is 0 Å². The zero-order chi connectivity index (χ0) is 22.6. The van der Waals surface area contributed by atoms with Crippen LogP contribution in [-0.2, 0) is 24.6 Å². The van der Waals surface area contributed by atoms with Crippen molar-refractivity contribution < 1.29 is 4.74 Å². The Kier molecular flexibility index (Phi) is 6.02. The average molecular weight is 439 g/mol. The molecule has 0 saturated carbocycles. The van der Waals surface area contributed by atoms with E-state index in [-0.39, 0.29) is 12.3 Å². The second-order valence-corrected chi connectivity index (χ2v) is 8.04. The number of aryl methyl sites for hydroxylation is 1. The molecular formula is C27H26N4O2. The minimum absolute atomic E-state index is 0.148.